The summed E-state index contributed by atoms with van der Waals surface area (Å²) in [6.07, 6.45) is 2.22. The van der Waals surface area contributed by atoms with E-state index in [0.717, 1.165) is 31.5 Å². The van der Waals surface area contributed by atoms with Crippen LogP contribution in [0.4, 0.5) is 5.69 Å². The number of hydrogen-bond acceptors (Lipinski definition) is 4. The number of amides is 1. The van der Waals surface area contributed by atoms with Crippen LogP contribution < -0.4 is 16.6 Å². The summed E-state index contributed by atoms with van der Waals surface area (Å²) in [5.74, 6) is 5.42. The van der Waals surface area contributed by atoms with Gasteiger partial charge in [-0.25, -0.2) is 0 Å². The number of carbonyl (C=O) groups is 1. The Morgan fingerprint density at radius 1 is 1.38 bits per heavy atom. The van der Waals surface area contributed by atoms with E-state index in [4.69, 9.17) is 5.84 Å². The van der Waals surface area contributed by atoms with Gasteiger partial charge in [-0.1, -0.05) is 18.6 Å². The highest BCUT2D eigenvalue weighted by atomic mass is 16.1. The second kappa shape index (κ2) is 6.45. The fraction of sp³-hybridized carbons (Fsp3) is 0.562. The van der Waals surface area contributed by atoms with Gasteiger partial charge in [0.25, 0.3) is 5.91 Å². The van der Waals surface area contributed by atoms with Crippen molar-refractivity contribution in [2.45, 2.75) is 26.7 Å². The zero-order chi connectivity index (χ0) is 15.5. The molecule has 1 heterocycles. The highest BCUT2D eigenvalue weighted by Gasteiger charge is 2.29. The third-order valence-corrected chi connectivity index (χ3v) is 4.45. The second-order valence-corrected chi connectivity index (χ2v) is 6.49. The molecule has 21 heavy (non-hydrogen) atoms. The maximum atomic E-state index is 12.4. The molecule has 0 unspecified atom stereocenters. The molecule has 0 atom stereocenters. The monoisotopic (exact) mass is 290 g/mol. The molecular formula is C16H26N4O. The van der Waals surface area contributed by atoms with E-state index in [1.165, 1.54) is 0 Å². The molecule has 2 rings (SSSR count). The highest BCUT2D eigenvalue weighted by Crippen LogP contribution is 2.29. The lowest BCUT2D eigenvalue weighted by atomic mass is 9.80. The molecule has 1 fully saturated rings. The molecule has 0 aromatic heterocycles. The van der Waals surface area contributed by atoms with Crippen LogP contribution in [0.25, 0.3) is 0 Å². The Labute approximate surface area is 126 Å². The summed E-state index contributed by atoms with van der Waals surface area (Å²) in [7, 11) is 2.14. The normalized spacial score (nSPS) is 18.3. The van der Waals surface area contributed by atoms with E-state index in [2.05, 4.69) is 29.6 Å². The zero-order valence-corrected chi connectivity index (χ0v) is 13.2. The quantitative estimate of drug-likeness (QED) is 0.583. The van der Waals surface area contributed by atoms with E-state index in [0.29, 0.717) is 17.8 Å². The molecular weight excluding hydrogens is 264 g/mol. The predicted octanol–water partition coefficient (Wildman–Crippen LogP) is 1.74. The molecule has 1 amide bonds. The van der Waals surface area contributed by atoms with Crippen LogP contribution in [0.1, 0.15) is 35.7 Å². The summed E-state index contributed by atoms with van der Waals surface area (Å²) in [6.45, 7) is 7.10. The first-order valence-electron chi connectivity index (χ1n) is 7.47. The Morgan fingerprint density at radius 2 is 2.05 bits per heavy atom. The average Bonchev–Trinajstić information content (AvgIpc) is 2.48. The van der Waals surface area contributed by atoms with Crippen molar-refractivity contribution in [1.29, 1.82) is 0 Å². The number of aryl methyl sites for hydroxylation is 1. The number of nitrogen functional groups attached to an aromatic ring is 1. The summed E-state index contributed by atoms with van der Waals surface area (Å²) in [5.41, 5.74) is 5.08. The third kappa shape index (κ3) is 3.95. The number of nitrogens with one attached hydrogen (secondary N) is 2. The molecule has 0 aliphatic carbocycles. The average molecular weight is 290 g/mol. The minimum Gasteiger partial charge on any atom is -0.351 e. The van der Waals surface area contributed by atoms with Crippen molar-refractivity contribution < 1.29 is 4.79 Å². The molecule has 1 aliphatic rings. The summed E-state index contributed by atoms with van der Waals surface area (Å²) in [5, 5.41) is 3.07. The number of benzene rings is 1. The maximum Gasteiger partial charge on any atom is 0.253 e. The van der Waals surface area contributed by atoms with Crippen LogP contribution >= 0.6 is 0 Å². The number of carbonyl (C=O) groups excluding carboxylic acids is 1. The standard InChI is InChI=1S/C16H26N4O/c1-12-4-5-14(19-17)13(10-12)15(21)18-11-16(2)6-8-20(3)9-7-16/h4-5,10,19H,6-9,11,17H2,1-3H3,(H,18,21). The van der Waals surface area contributed by atoms with Gasteiger partial charge in [-0.2, -0.15) is 0 Å². The van der Waals surface area contributed by atoms with Gasteiger partial charge in [-0.15, -0.1) is 0 Å². The van der Waals surface area contributed by atoms with Crippen molar-refractivity contribution in [1.82, 2.24) is 10.2 Å². The molecule has 1 aromatic rings. The van der Waals surface area contributed by atoms with E-state index in [1.54, 1.807) is 0 Å². The second-order valence-electron chi connectivity index (χ2n) is 6.49. The van der Waals surface area contributed by atoms with E-state index in [1.807, 2.05) is 25.1 Å². The van der Waals surface area contributed by atoms with E-state index in [9.17, 15) is 4.79 Å². The highest BCUT2D eigenvalue weighted by molar-refractivity contribution is 5.99. The Balaban J connectivity index is 2.00. The van der Waals surface area contributed by atoms with Crippen LogP contribution in [-0.2, 0) is 0 Å². The van der Waals surface area contributed by atoms with Gasteiger partial charge < -0.3 is 15.6 Å². The van der Waals surface area contributed by atoms with Crippen molar-refractivity contribution >= 4 is 11.6 Å². The molecule has 0 spiro atoms. The number of anilines is 1. The van der Waals surface area contributed by atoms with Gasteiger partial charge in [-0.05, 0) is 57.5 Å². The Bertz CT molecular complexity index is 507. The van der Waals surface area contributed by atoms with Crippen molar-refractivity contribution in [2.75, 3.05) is 32.1 Å². The van der Waals surface area contributed by atoms with Crippen LogP contribution in [0, 0.1) is 12.3 Å². The number of nitrogens with two attached hydrogens (primary N) is 1. The largest absolute Gasteiger partial charge is 0.351 e. The predicted molar refractivity (Wildman–Crippen MR) is 86.2 cm³/mol. The smallest absolute Gasteiger partial charge is 0.253 e. The van der Waals surface area contributed by atoms with Crippen molar-refractivity contribution in [2.24, 2.45) is 11.3 Å². The Morgan fingerprint density at radius 3 is 2.67 bits per heavy atom. The SMILES string of the molecule is Cc1ccc(NN)c(C(=O)NCC2(C)CCN(C)CC2)c1. The lowest BCUT2D eigenvalue weighted by Gasteiger charge is -2.38. The van der Waals surface area contributed by atoms with Crippen LogP contribution in [0.15, 0.2) is 18.2 Å². The molecule has 0 bridgehead atoms. The number of nitrogens with zero attached hydrogens (tertiary/aromatic N) is 1. The third-order valence-electron chi connectivity index (χ3n) is 4.45. The first-order valence-corrected chi connectivity index (χ1v) is 7.47. The molecule has 1 aromatic carbocycles. The zero-order valence-electron chi connectivity index (χ0n) is 13.2. The maximum absolute atomic E-state index is 12.4. The fourth-order valence-corrected chi connectivity index (χ4v) is 2.70. The molecule has 4 N–H and O–H groups in total. The van der Waals surface area contributed by atoms with E-state index < -0.39 is 0 Å². The van der Waals surface area contributed by atoms with Gasteiger partial charge in [0, 0.05) is 6.54 Å². The van der Waals surface area contributed by atoms with Crippen molar-refractivity contribution in [3.05, 3.63) is 29.3 Å². The number of rotatable bonds is 4. The van der Waals surface area contributed by atoms with E-state index >= 15 is 0 Å². The minimum absolute atomic E-state index is 0.0631. The summed E-state index contributed by atoms with van der Waals surface area (Å²) < 4.78 is 0. The van der Waals surface area contributed by atoms with Gasteiger partial charge in [0.15, 0.2) is 0 Å². The Kier molecular flexibility index (Phi) is 4.85. The van der Waals surface area contributed by atoms with Gasteiger partial charge in [-0.3, -0.25) is 10.6 Å². The molecule has 0 radical (unpaired) electrons. The van der Waals surface area contributed by atoms with Gasteiger partial charge in [0.2, 0.25) is 0 Å². The van der Waals surface area contributed by atoms with Crippen LogP contribution in [-0.4, -0.2) is 37.5 Å². The number of piperidine rings is 1. The van der Waals surface area contributed by atoms with E-state index in [-0.39, 0.29) is 11.3 Å². The number of likely N-dealkylation sites (tertiary alicyclic amines) is 1. The van der Waals surface area contributed by atoms with Crippen molar-refractivity contribution in [3.8, 4) is 0 Å². The molecule has 5 nitrogen and oxygen atoms in total. The van der Waals surface area contributed by atoms with Crippen LogP contribution in [0.5, 0.6) is 0 Å². The first-order chi connectivity index (χ1) is 9.93. The molecule has 1 saturated heterocycles. The molecule has 116 valence electrons. The fourth-order valence-electron chi connectivity index (χ4n) is 2.70. The van der Waals surface area contributed by atoms with Crippen LogP contribution in [0.3, 0.4) is 0 Å². The Hall–Kier alpha value is -1.59. The first kappa shape index (κ1) is 15.8. The lowest BCUT2D eigenvalue weighted by molar-refractivity contribution is 0.0892. The summed E-state index contributed by atoms with van der Waals surface area (Å²) in [4.78, 5) is 14.7. The number of hydrogen-bond donors (Lipinski definition) is 3. The van der Waals surface area contributed by atoms with Crippen LogP contribution in [0.2, 0.25) is 0 Å². The van der Waals surface area contributed by atoms with Gasteiger partial charge in [0.1, 0.15) is 0 Å². The topological polar surface area (TPSA) is 70.4 Å². The molecule has 1 aliphatic heterocycles. The number of hydrazine groups is 1. The van der Waals surface area contributed by atoms with Crippen molar-refractivity contribution in [3.63, 3.8) is 0 Å². The lowest BCUT2D eigenvalue weighted by Crippen LogP contribution is -2.43. The summed E-state index contributed by atoms with van der Waals surface area (Å²) in [6, 6.07) is 5.63. The molecule has 5 heteroatoms. The molecule has 0 saturated carbocycles. The summed E-state index contributed by atoms with van der Waals surface area (Å²) >= 11 is 0. The van der Waals surface area contributed by atoms with Gasteiger partial charge >= 0.3 is 0 Å². The van der Waals surface area contributed by atoms with Gasteiger partial charge in [0.05, 0.1) is 11.3 Å². The minimum atomic E-state index is -0.0631.